The lowest BCUT2D eigenvalue weighted by atomic mass is 10.1. The van der Waals surface area contributed by atoms with Crippen LogP contribution in [-0.4, -0.2) is 19.1 Å². The maximum Gasteiger partial charge on any atom is 0.251 e. The predicted octanol–water partition coefficient (Wildman–Crippen LogP) is 5.15. The van der Waals surface area contributed by atoms with Crippen LogP contribution in [0.15, 0.2) is 36.4 Å². The van der Waals surface area contributed by atoms with Gasteiger partial charge in [-0.2, -0.15) is 0 Å². The zero-order valence-electron chi connectivity index (χ0n) is 15.8. The van der Waals surface area contributed by atoms with Crippen molar-refractivity contribution >= 4 is 17.5 Å². The summed E-state index contributed by atoms with van der Waals surface area (Å²) < 4.78 is 11.3. The van der Waals surface area contributed by atoms with Crippen molar-refractivity contribution in [3.63, 3.8) is 0 Å². The Morgan fingerprint density at radius 2 is 2.00 bits per heavy atom. The van der Waals surface area contributed by atoms with E-state index in [0.29, 0.717) is 22.9 Å². The number of nitrogens with one attached hydrogen (secondary N) is 1. The molecule has 2 rings (SSSR count). The highest BCUT2D eigenvalue weighted by molar-refractivity contribution is 6.31. The third kappa shape index (κ3) is 5.40. The Balaban J connectivity index is 2.13. The molecule has 0 saturated heterocycles. The molecule has 5 heteroatoms. The highest BCUT2D eigenvalue weighted by Gasteiger charge is 2.13. The van der Waals surface area contributed by atoms with Gasteiger partial charge in [0.25, 0.3) is 5.91 Å². The van der Waals surface area contributed by atoms with Gasteiger partial charge in [-0.1, -0.05) is 24.9 Å². The highest BCUT2D eigenvalue weighted by Crippen LogP contribution is 2.25. The maximum atomic E-state index is 12.4. The van der Waals surface area contributed by atoms with E-state index in [9.17, 15) is 4.79 Å². The molecule has 4 nitrogen and oxygen atoms in total. The summed E-state index contributed by atoms with van der Waals surface area (Å²) in [6.07, 6.45) is 1.98. The van der Waals surface area contributed by atoms with Crippen molar-refractivity contribution in [3.8, 4) is 11.5 Å². The van der Waals surface area contributed by atoms with E-state index >= 15 is 0 Å². The Morgan fingerprint density at radius 1 is 1.23 bits per heavy atom. The average Bonchev–Trinajstić information content (AvgIpc) is 2.62. The molecule has 140 valence electrons. The SMILES string of the molecule is CCC[C@@H](C)NC(=O)c1ccc(OC)c(COc2ccc(Cl)c(C)c2)c1. The number of hydrogen-bond acceptors (Lipinski definition) is 3. The van der Waals surface area contributed by atoms with Gasteiger partial charge in [-0.15, -0.1) is 0 Å². The van der Waals surface area contributed by atoms with Crippen LogP contribution < -0.4 is 14.8 Å². The first kappa shape index (κ1) is 20.1. The first-order valence-corrected chi connectivity index (χ1v) is 9.19. The number of ether oxygens (including phenoxy) is 2. The number of benzene rings is 2. The van der Waals surface area contributed by atoms with E-state index in [4.69, 9.17) is 21.1 Å². The molecule has 2 aromatic rings. The lowest BCUT2D eigenvalue weighted by Crippen LogP contribution is -2.32. The maximum absolute atomic E-state index is 12.4. The Bertz CT molecular complexity index is 761. The summed E-state index contributed by atoms with van der Waals surface area (Å²) in [5, 5.41) is 3.72. The Hall–Kier alpha value is -2.20. The van der Waals surface area contributed by atoms with Crippen LogP contribution in [0.3, 0.4) is 0 Å². The molecule has 26 heavy (non-hydrogen) atoms. The van der Waals surface area contributed by atoms with Crippen molar-refractivity contribution in [2.45, 2.75) is 46.3 Å². The van der Waals surface area contributed by atoms with Crippen LogP contribution in [0.1, 0.15) is 48.2 Å². The van der Waals surface area contributed by atoms with Crippen LogP contribution in [0.25, 0.3) is 0 Å². The van der Waals surface area contributed by atoms with Gasteiger partial charge < -0.3 is 14.8 Å². The van der Waals surface area contributed by atoms with Gasteiger partial charge in [-0.3, -0.25) is 4.79 Å². The fourth-order valence-corrected chi connectivity index (χ4v) is 2.83. The summed E-state index contributed by atoms with van der Waals surface area (Å²) in [6, 6.07) is 11.0. The van der Waals surface area contributed by atoms with Crippen LogP contribution in [0, 0.1) is 6.92 Å². The molecule has 1 atom stereocenters. The summed E-state index contributed by atoms with van der Waals surface area (Å²) >= 11 is 6.04. The topological polar surface area (TPSA) is 47.6 Å². The third-order valence-electron chi connectivity index (χ3n) is 4.17. The summed E-state index contributed by atoms with van der Waals surface area (Å²) in [5.41, 5.74) is 2.37. The molecule has 0 aliphatic carbocycles. The minimum atomic E-state index is -0.0859. The fourth-order valence-electron chi connectivity index (χ4n) is 2.71. The van der Waals surface area contributed by atoms with Gasteiger partial charge in [0.1, 0.15) is 18.1 Å². The van der Waals surface area contributed by atoms with Gasteiger partial charge in [0.15, 0.2) is 0 Å². The number of hydrogen-bond donors (Lipinski definition) is 1. The second-order valence-electron chi connectivity index (χ2n) is 6.39. The normalized spacial score (nSPS) is 11.7. The van der Waals surface area contributed by atoms with E-state index in [2.05, 4.69) is 12.2 Å². The van der Waals surface area contributed by atoms with Gasteiger partial charge in [0, 0.05) is 22.2 Å². The molecule has 0 aliphatic heterocycles. The Labute approximate surface area is 160 Å². The summed E-state index contributed by atoms with van der Waals surface area (Å²) in [6.45, 7) is 6.34. The van der Waals surface area contributed by atoms with Gasteiger partial charge in [-0.05, 0) is 62.2 Å². The number of amides is 1. The van der Waals surface area contributed by atoms with E-state index in [1.54, 1.807) is 19.2 Å². The van der Waals surface area contributed by atoms with Crippen molar-refractivity contribution in [3.05, 3.63) is 58.1 Å². The summed E-state index contributed by atoms with van der Waals surface area (Å²) in [4.78, 5) is 12.4. The van der Waals surface area contributed by atoms with Crippen molar-refractivity contribution < 1.29 is 14.3 Å². The molecule has 0 heterocycles. The number of methoxy groups -OCH3 is 1. The average molecular weight is 376 g/mol. The van der Waals surface area contributed by atoms with Crippen LogP contribution >= 0.6 is 11.6 Å². The van der Waals surface area contributed by atoms with E-state index in [0.717, 1.165) is 29.7 Å². The van der Waals surface area contributed by atoms with Crippen molar-refractivity contribution in [2.75, 3.05) is 7.11 Å². The van der Waals surface area contributed by atoms with E-state index in [-0.39, 0.29) is 11.9 Å². The van der Waals surface area contributed by atoms with Crippen LogP contribution in [0.5, 0.6) is 11.5 Å². The summed E-state index contributed by atoms with van der Waals surface area (Å²) in [5.74, 6) is 1.33. The molecule has 0 saturated carbocycles. The second kappa shape index (κ2) is 9.48. The number of halogens is 1. The predicted molar refractivity (Wildman–Crippen MR) is 105 cm³/mol. The van der Waals surface area contributed by atoms with E-state index in [1.807, 2.05) is 38.1 Å². The Kier molecular flexibility index (Phi) is 7.34. The van der Waals surface area contributed by atoms with Crippen molar-refractivity contribution in [2.24, 2.45) is 0 Å². The molecule has 0 radical (unpaired) electrons. The molecule has 1 amide bonds. The van der Waals surface area contributed by atoms with Gasteiger partial charge >= 0.3 is 0 Å². The number of rotatable bonds is 8. The molecular weight excluding hydrogens is 350 g/mol. The molecule has 0 aromatic heterocycles. The number of carbonyl (C=O) groups excluding carboxylic acids is 1. The lowest BCUT2D eigenvalue weighted by molar-refractivity contribution is 0.0938. The van der Waals surface area contributed by atoms with E-state index < -0.39 is 0 Å². The minimum absolute atomic E-state index is 0.0859. The standard InChI is InChI=1S/C21H26ClNO3/c1-5-6-15(3)23-21(24)16-7-10-20(25-4)17(12-16)13-26-18-8-9-19(22)14(2)11-18/h7-12,15H,5-6,13H2,1-4H3,(H,23,24)/t15-/m1/s1. The molecular formula is C21H26ClNO3. The molecule has 1 N–H and O–H groups in total. The largest absolute Gasteiger partial charge is 0.496 e. The van der Waals surface area contributed by atoms with Gasteiger partial charge in [0.2, 0.25) is 0 Å². The summed E-state index contributed by atoms with van der Waals surface area (Å²) in [7, 11) is 1.61. The van der Waals surface area contributed by atoms with Crippen LogP contribution in [0.4, 0.5) is 0 Å². The van der Waals surface area contributed by atoms with Crippen molar-refractivity contribution in [1.82, 2.24) is 5.32 Å². The molecule has 0 fully saturated rings. The first-order chi connectivity index (χ1) is 12.4. The van der Waals surface area contributed by atoms with E-state index in [1.165, 1.54) is 0 Å². The van der Waals surface area contributed by atoms with Crippen LogP contribution in [-0.2, 0) is 6.61 Å². The molecule has 0 aliphatic rings. The molecule has 2 aromatic carbocycles. The van der Waals surface area contributed by atoms with Crippen molar-refractivity contribution in [1.29, 1.82) is 0 Å². The molecule has 0 bridgehead atoms. The first-order valence-electron chi connectivity index (χ1n) is 8.81. The van der Waals surface area contributed by atoms with Crippen LogP contribution in [0.2, 0.25) is 5.02 Å². The van der Waals surface area contributed by atoms with Gasteiger partial charge in [-0.25, -0.2) is 0 Å². The van der Waals surface area contributed by atoms with Gasteiger partial charge in [0.05, 0.1) is 7.11 Å². The zero-order valence-corrected chi connectivity index (χ0v) is 16.5. The highest BCUT2D eigenvalue weighted by atomic mass is 35.5. The second-order valence-corrected chi connectivity index (χ2v) is 6.80. The lowest BCUT2D eigenvalue weighted by Gasteiger charge is -2.15. The number of aryl methyl sites for hydroxylation is 1. The monoisotopic (exact) mass is 375 g/mol. The quantitative estimate of drug-likeness (QED) is 0.693. The zero-order chi connectivity index (χ0) is 19.1. The fraction of sp³-hybridized carbons (Fsp3) is 0.381. The third-order valence-corrected chi connectivity index (χ3v) is 4.59. The molecule has 0 unspecified atom stereocenters. The Morgan fingerprint density at radius 3 is 2.65 bits per heavy atom. The minimum Gasteiger partial charge on any atom is -0.496 e. The smallest absolute Gasteiger partial charge is 0.251 e. The molecule has 0 spiro atoms. The number of carbonyl (C=O) groups is 1.